The first kappa shape index (κ1) is 29.5. The van der Waals surface area contributed by atoms with E-state index < -0.39 is 0 Å². The molecule has 1 aromatic rings. The molecule has 1 spiro atoms. The van der Waals surface area contributed by atoms with Crippen LogP contribution < -0.4 is 16.0 Å². The Bertz CT molecular complexity index is 1260. The molecule has 11 atom stereocenters. The molecule has 0 bridgehead atoms. The molecule has 3 heterocycles. The van der Waals surface area contributed by atoms with Gasteiger partial charge in [-0.2, -0.15) is 0 Å². The highest BCUT2D eigenvalue weighted by atomic mass is 16.5. The summed E-state index contributed by atoms with van der Waals surface area (Å²) in [5.74, 6) is 3.72. The molecule has 1 aromatic heterocycles. The predicted octanol–water partition coefficient (Wildman–Crippen LogP) is 5.51. The van der Waals surface area contributed by atoms with Crippen LogP contribution >= 0.6 is 0 Å². The van der Waals surface area contributed by atoms with Crippen molar-refractivity contribution in [3.05, 3.63) is 41.7 Å². The third-order valence-corrected chi connectivity index (χ3v) is 13.5. The number of carbonyl (C=O) groups is 2. The van der Waals surface area contributed by atoms with Crippen molar-refractivity contribution in [1.82, 2.24) is 20.9 Å². The predicted molar refractivity (Wildman–Crippen MR) is 166 cm³/mol. The van der Waals surface area contributed by atoms with Crippen LogP contribution in [-0.2, 0) is 20.9 Å². The maximum Gasteiger partial charge on any atom is 0.229 e. The minimum Gasteiger partial charge on any atom is -0.357 e. The first-order valence-corrected chi connectivity index (χ1v) is 17.2. The molecule has 234 valence electrons. The highest BCUT2D eigenvalue weighted by Gasteiger charge is 2.68. The largest absolute Gasteiger partial charge is 0.357 e. The number of ether oxygens (including phenoxy) is 1. The molecule has 2 aliphatic heterocycles. The molecule has 43 heavy (non-hydrogen) atoms. The third kappa shape index (κ3) is 4.97. The monoisotopic (exact) mass is 588 g/mol. The van der Waals surface area contributed by atoms with Gasteiger partial charge in [0.05, 0.1) is 18.3 Å². The summed E-state index contributed by atoms with van der Waals surface area (Å²) in [4.78, 5) is 29.4. The summed E-state index contributed by atoms with van der Waals surface area (Å²) in [5, 5.41) is 9.91. The van der Waals surface area contributed by atoms with Crippen LogP contribution in [0.3, 0.4) is 0 Å². The SMILES string of the molecule is C[C@@H]1CC[C@@]2(NC1)O[C@H]1C[C@H]3[C@@H]4CC=C5C[C@@H](NC(=O)CC(=O)NCc6ccccn6)CC[C@]5(C)[C@H]4CC[C@]3(C)[C@H]1[C@@H]2C. The lowest BCUT2D eigenvalue weighted by Crippen LogP contribution is -2.57. The van der Waals surface area contributed by atoms with Crippen LogP contribution in [0.4, 0.5) is 0 Å². The Morgan fingerprint density at radius 3 is 2.70 bits per heavy atom. The van der Waals surface area contributed by atoms with Gasteiger partial charge in [-0.15, -0.1) is 0 Å². The number of pyridine rings is 1. The van der Waals surface area contributed by atoms with E-state index in [1.54, 1.807) is 11.8 Å². The number of nitrogens with one attached hydrogen (secondary N) is 3. The van der Waals surface area contributed by atoms with Gasteiger partial charge in [0.25, 0.3) is 0 Å². The molecular weight excluding hydrogens is 536 g/mol. The first-order valence-electron chi connectivity index (χ1n) is 17.2. The van der Waals surface area contributed by atoms with Gasteiger partial charge in [0.2, 0.25) is 11.8 Å². The van der Waals surface area contributed by atoms with E-state index >= 15 is 0 Å². The number of carbonyl (C=O) groups excluding carboxylic acids is 2. The Hall–Kier alpha value is -2.25. The Morgan fingerprint density at radius 2 is 1.93 bits per heavy atom. The van der Waals surface area contributed by atoms with E-state index in [0.717, 1.165) is 61.6 Å². The molecule has 2 amide bonds. The summed E-state index contributed by atoms with van der Waals surface area (Å²) in [6.45, 7) is 11.4. The van der Waals surface area contributed by atoms with Crippen LogP contribution in [0.2, 0.25) is 0 Å². The lowest BCUT2D eigenvalue weighted by Gasteiger charge is -2.58. The van der Waals surface area contributed by atoms with Crippen molar-refractivity contribution in [3.8, 4) is 0 Å². The van der Waals surface area contributed by atoms with Gasteiger partial charge < -0.3 is 15.4 Å². The Kier molecular flexibility index (Phi) is 7.52. The summed E-state index contributed by atoms with van der Waals surface area (Å²) in [6.07, 6.45) is 15.0. The fourth-order valence-electron chi connectivity index (χ4n) is 11.2. The van der Waals surface area contributed by atoms with Crippen LogP contribution in [0.5, 0.6) is 0 Å². The number of hydrogen-bond donors (Lipinski definition) is 3. The number of allylic oxidation sites excluding steroid dienone is 1. The molecule has 4 aliphatic carbocycles. The zero-order valence-electron chi connectivity index (χ0n) is 26.7. The van der Waals surface area contributed by atoms with Gasteiger partial charge in [-0.1, -0.05) is 45.4 Å². The Labute approximate surface area is 257 Å². The number of piperidine rings is 1. The third-order valence-electron chi connectivity index (χ3n) is 13.5. The van der Waals surface area contributed by atoms with Gasteiger partial charge in [-0.3, -0.25) is 19.9 Å². The second kappa shape index (κ2) is 11.0. The minimum atomic E-state index is -0.256. The zero-order valence-corrected chi connectivity index (χ0v) is 26.7. The van der Waals surface area contributed by atoms with Crippen molar-refractivity contribution in [2.75, 3.05) is 6.54 Å². The number of aromatic nitrogens is 1. The first-order chi connectivity index (χ1) is 20.6. The summed E-state index contributed by atoms with van der Waals surface area (Å²) < 4.78 is 7.06. The maximum absolute atomic E-state index is 12.8. The van der Waals surface area contributed by atoms with Crippen LogP contribution in [-0.4, -0.2) is 41.2 Å². The summed E-state index contributed by atoms with van der Waals surface area (Å²) in [6, 6.07) is 5.72. The molecule has 7 nitrogen and oxygen atoms in total. The van der Waals surface area contributed by atoms with E-state index in [1.807, 2.05) is 18.2 Å². The lowest BCUT2D eigenvalue weighted by atomic mass is 9.46. The molecule has 7 heteroatoms. The molecule has 5 fully saturated rings. The number of amides is 2. The molecule has 3 saturated carbocycles. The standard InChI is InChI=1S/C36H52N4O3/c1-22-10-15-36(39-20-22)23(2)33-30(43-36)18-29-27-9-8-24-17-25(11-13-34(24,3)28(27)12-14-35(29,33)4)40-32(42)19-31(41)38-21-26-7-5-6-16-37-26/h5-8,16,22-23,25,27-30,33,39H,9-15,17-21H2,1-4H3,(H,38,41)(H,40,42)/t22-,23+,25+,27-,28+,29+,30+,33+,34+,35+,36-/m1/s1. The van der Waals surface area contributed by atoms with E-state index in [1.165, 1.54) is 32.1 Å². The van der Waals surface area contributed by atoms with Crippen molar-refractivity contribution in [2.24, 2.45) is 46.3 Å². The highest BCUT2D eigenvalue weighted by molar-refractivity contribution is 5.96. The van der Waals surface area contributed by atoms with Crippen LogP contribution in [0.15, 0.2) is 36.0 Å². The van der Waals surface area contributed by atoms with Gasteiger partial charge in [-0.25, -0.2) is 0 Å². The highest BCUT2D eigenvalue weighted by Crippen LogP contribution is 2.70. The van der Waals surface area contributed by atoms with Crippen molar-refractivity contribution < 1.29 is 14.3 Å². The maximum atomic E-state index is 12.8. The molecule has 0 aromatic carbocycles. The number of nitrogens with zero attached hydrogens (tertiary/aromatic N) is 1. The van der Waals surface area contributed by atoms with Crippen molar-refractivity contribution >= 4 is 11.8 Å². The number of hydrogen-bond acceptors (Lipinski definition) is 5. The van der Waals surface area contributed by atoms with Gasteiger partial charge >= 0.3 is 0 Å². The van der Waals surface area contributed by atoms with Crippen molar-refractivity contribution in [1.29, 1.82) is 0 Å². The fourth-order valence-corrected chi connectivity index (χ4v) is 11.2. The van der Waals surface area contributed by atoms with E-state index in [-0.39, 0.29) is 35.4 Å². The molecule has 7 rings (SSSR count). The topological polar surface area (TPSA) is 92.4 Å². The molecule has 6 aliphatic rings. The zero-order chi connectivity index (χ0) is 30.0. The molecule has 0 radical (unpaired) electrons. The number of rotatable bonds is 5. The van der Waals surface area contributed by atoms with Gasteiger partial charge in [0.15, 0.2) is 0 Å². The summed E-state index contributed by atoms with van der Waals surface area (Å²) >= 11 is 0. The van der Waals surface area contributed by atoms with Gasteiger partial charge in [0.1, 0.15) is 12.1 Å². The average molecular weight is 589 g/mol. The number of fused-ring (bicyclic) bond motifs is 7. The average Bonchev–Trinajstić information content (AvgIpc) is 3.44. The van der Waals surface area contributed by atoms with Crippen LogP contribution in [0.1, 0.15) is 97.6 Å². The summed E-state index contributed by atoms with van der Waals surface area (Å²) in [5.41, 5.74) is 2.83. The molecule has 2 saturated heterocycles. The normalized spacial score (nSPS) is 44.9. The molecule has 3 N–H and O–H groups in total. The Morgan fingerprint density at radius 1 is 1.07 bits per heavy atom. The van der Waals surface area contributed by atoms with E-state index in [4.69, 9.17) is 4.74 Å². The van der Waals surface area contributed by atoms with Crippen molar-refractivity contribution in [2.45, 2.75) is 116 Å². The summed E-state index contributed by atoms with van der Waals surface area (Å²) in [7, 11) is 0. The minimum absolute atomic E-state index is 0.0963. The van der Waals surface area contributed by atoms with Gasteiger partial charge in [0, 0.05) is 24.7 Å². The van der Waals surface area contributed by atoms with Gasteiger partial charge in [-0.05, 0) is 110 Å². The van der Waals surface area contributed by atoms with E-state index in [0.29, 0.717) is 29.9 Å². The Balaban J connectivity index is 0.975. The molecule has 0 unspecified atom stereocenters. The van der Waals surface area contributed by atoms with E-state index in [2.05, 4.69) is 54.7 Å². The lowest BCUT2D eigenvalue weighted by molar-refractivity contribution is -0.130. The smallest absolute Gasteiger partial charge is 0.229 e. The second-order valence-electron chi connectivity index (χ2n) is 15.7. The van der Waals surface area contributed by atoms with Crippen LogP contribution in [0.25, 0.3) is 0 Å². The fraction of sp³-hybridized carbons (Fsp3) is 0.750. The van der Waals surface area contributed by atoms with Crippen LogP contribution in [0, 0.1) is 46.3 Å². The second-order valence-corrected chi connectivity index (χ2v) is 15.7. The molecular formula is C36H52N4O3. The van der Waals surface area contributed by atoms with E-state index in [9.17, 15) is 9.59 Å². The quantitative estimate of drug-likeness (QED) is 0.312. The van der Waals surface area contributed by atoms with Crippen molar-refractivity contribution in [3.63, 3.8) is 0 Å².